The molecule has 1 aromatic carbocycles. The molecule has 32 heavy (non-hydrogen) atoms. The number of amides is 1. The molecule has 0 bridgehead atoms. The van der Waals surface area contributed by atoms with Gasteiger partial charge in [-0.1, -0.05) is 17.7 Å². The van der Waals surface area contributed by atoms with E-state index in [9.17, 15) is 9.59 Å². The van der Waals surface area contributed by atoms with Crippen molar-refractivity contribution in [3.05, 3.63) is 52.6 Å². The molecule has 0 spiro atoms. The van der Waals surface area contributed by atoms with Crippen molar-refractivity contribution in [1.29, 1.82) is 0 Å². The largest absolute Gasteiger partial charge is 0.490 e. The van der Waals surface area contributed by atoms with Crippen molar-refractivity contribution in [1.82, 2.24) is 15.3 Å². The van der Waals surface area contributed by atoms with Gasteiger partial charge in [-0.2, -0.15) is 0 Å². The summed E-state index contributed by atoms with van der Waals surface area (Å²) in [6.07, 6.45) is 7.41. The number of piperidine rings is 1. The van der Waals surface area contributed by atoms with Crippen LogP contribution in [-0.4, -0.2) is 46.9 Å². The van der Waals surface area contributed by atoms with Crippen molar-refractivity contribution in [2.24, 2.45) is 0 Å². The Morgan fingerprint density at radius 2 is 1.84 bits per heavy atom. The van der Waals surface area contributed by atoms with Gasteiger partial charge in [-0.15, -0.1) is 0 Å². The maximum atomic E-state index is 12.6. The van der Waals surface area contributed by atoms with Gasteiger partial charge in [0.25, 0.3) is 5.91 Å². The quantitative estimate of drug-likeness (QED) is 0.689. The summed E-state index contributed by atoms with van der Waals surface area (Å²) in [4.78, 5) is 37.9. The van der Waals surface area contributed by atoms with E-state index in [0.29, 0.717) is 53.9 Å². The van der Waals surface area contributed by atoms with E-state index in [1.54, 1.807) is 30.6 Å². The first kappa shape index (κ1) is 22.0. The van der Waals surface area contributed by atoms with Crippen LogP contribution in [0.25, 0.3) is 4.85 Å². The molecule has 1 N–H and O–H groups in total. The Bertz CT molecular complexity index is 1020. The van der Waals surface area contributed by atoms with Crippen LogP contribution in [0, 0.1) is 6.57 Å². The number of nitrogens with one attached hydrogen (secondary N) is 1. The molecule has 0 unspecified atom stereocenters. The molecule has 1 saturated carbocycles. The van der Waals surface area contributed by atoms with Gasteiger partial charge in [-0.3, -0.25) is 9.59 Å². The van der Waals surface area contributed by atoms with Gasteiger partial charge >= 0.3 is 0 Å². The average molecular weight is 454 g/mol. The number of hydrogen-bond donors (Lipinski definition) is 1. The molecule has 1 saturated heterocycles. The Balaban J connectivity index is 1.25. The number of Topliss-reactive ketones (excluding diaryl/α,β-unsaturated/α-hetero) is 1. The summed E-state index contributed by atoms with van der Waals surface area (Å²) >= 11 is 6.08. The summed E-state index contributed by atoms with van der Waals surface area (Å²) in [6, 6.07) is 5.17. The fourth-order valence-corrected chi connectivity index (χ4v) is 4.21. The normalized spacial score (nSPS) is 21.0. The van der Waals surface area contributed by atoms with Gasteiger partial charge in [0.15, 0.2) is 0 Å². The smallest absolute Gasteiger partial charge is 0.254 e. The molecule has 2 fully saturated rings. The van der Waals surface area contributed by atoms with Crippen LogP contribution < -0.4 is 15.0 Å². The highest BCUT2D eigenvalue weighted by Crippen LogP contribution is 2.31. The Hall–Kier alpha value is -3.18. The van der Waals surface area contributed by atoms with Crippen LogP contribution in [0.3, 0.4) is 0 Å². The number of nitrogens with zero attached hydrogens (tertiary/aromatic N) is 4. The minimum Gasteiger partial charge on any atom is -0.490 e. The van der Waals surface area contributed by atoms with E-state index in [2.05, 4.69) is 20.1 Å². The van der Waals surface area contributed by atoms with Gasteiger partial charge < -0.3 is 15.0 Å². The van der Waals surface area contributed by atoms with Gasteiger partial charge in [0.2, 0.25) is 11.6 Å². The minimum atomic E-state index is -0.184. The molecular formula is C23H24ClN5O3. The van der Waals surface area contributed by atoms with Crippen LogP contribution in [0.15, 0.2) is 30.6 Å². The third kappa shape index (κ3) is 5.35. The second kappa shape index (κ2) is 9.96. The maximum absolute atomic E-state index is 12.6. The van der Waals surface area contributed by atoms with E-state index in [1.165, 1.54) is 0 Å². The van der Waals surface area contributed by atoms with E-state index in [1.807, 2.05) is 4.90 Å². The SMILES string of the molecule is [C-]#[N+]c1ccc(OC2CCC(NC(=O)c3cnc(N4CCC(=O)CC4)nc3)CC2)cc1Cl. The van der Waals surface area contributed by atoms with Gasteiger partial charge in [-0.25, -0.2) is 14.8 Å². The highest BCUT2D eigenvalue weighted by Gasteiger charge is 2.25. The summed E-state index contributed by atoms with van der Waals surface area (Å²) in [5.41, 5.74) is 0.836. The number of benzene rings is 1. The van der Waals surface area contributed by atoms with Crippen molar-refractivity contribution in [3.8, 4) is 5.75 Å². The highest BCUT2D eigenvalue weighted by molar-refractivity contribution is 6.33. The van der Waals surface area contributed by atoms with Crippen LogP contribution in [0.4, 0.5) is 11.6 Å². The van der Waals surface area contributed by atoms with Gasteiger partial charge in [-0.05, 0) is 37.8 Å². The van der Waals surface area contributed by atoms with Crippen molar-refractivity contribution in [2.75, 3.05) is 18.0 Å². The zero-order chi connectivity index (χ0) is 22.5. The zero-order valence-corrected chi connectivity index (χ0v) is 18.3. The molecule has 1 aliphatic carbocycles. The summed E-state index contributed by atoms with van der Waals surface area (Å²) < 4.78 is 6.01. The molecule has 1 aliphatic heterocycles. The molecule has 4 rings (SSSR count). The molecule has 2 aliphatic rings. The predicted octanol–water partition coefficient (Wildman–Crippen LogP) is 3.97. The van der Waals surface area contributed by atoms with E-state index in [-0.39, 0.29) is 23.8 Å². The summed E-state index contributed by atoms with van der Waals surface area (Å²) in [5.74, 6) is 1.29. The molecule has 8 nitrogen and oxygen atoms in total. The van der Waals surface area contributed by atoms with Crippen LogP contribution >= 0.6 is 11.6 Å². The maximum Gasteiger partial charge on any atom is 0.254 e. The van der Waals surface area contributed by atoms with E-state index >= 15 is 0 Å². The first-order valence-electron chi connectivity index (χ1n) is 10.7. The lowest BCUT2D eigenvalue weighted by atomic mass is 9.92. The number of anilines is 1. The summed E-state index contributed by atoms with van der Waals surface area (Å²) in [7, 11) is 0. The second-order valence-corrected chi connectivity index (χ2v) is 8.49. The molecule has 0 radical (unpaired) electrons. The molecule has 9 heteroatoms. The lowest BCUT2D eigenvalue weighted by molar-refractivity contribution is -0.119. The number of rotatable bonds is 5. The van der Waals surface area contributed by atoms with Crippen LogP contribution in [0.2, 0.25) is 5.02 Å². The molecule has 2 aromatic rings. The second-order valence-electron chi connectivity index (χ2n) is 8.09. The Labute approximate surface area is 191 Å². The number of halogens is 1. The monoisotopic (exact) mass is 453 g/mol. The number of ether oxygens (including phenoxy) is 1. The van der Waals surface area contributed by atoms with Crippen LogP contribution in [0.1, 0.15) is 48.9 Å². The summed E-state index contributed by atoms with van der Waals surface area (Å²) in [5, 5.41) is 3.45. The number of carbonyl (C=O) groups excluding carboxylic acids is 2. The molecule has 0 atom stereocenters. The molecule has 2 heterocycles. The minimum absolute atomic E-state index is 0.0528. The molecule has 1 aromatic heterocycles. The first-order valence-corrected chi connectivity index (χ1v) is 11.1. The lowest BCUT2D eigenvalue weighted by Crippen LogP contribution is -2.40. The Kier molecular flexibility index (Phi) is 6.86. The van der Waals surface area contributed by atoms with Crippen LogP contribution in [-0.2, 0) is 4.79 Å². The number of ketones is 1. The third-order valence-corrected chi connectivity index (χ3v) is 6.16. The fraction of sp³-hybridized carbons (Fsp3) is 0.435. The van der Waals surface area contributed by atoms with E-state index < -0.39 is 0 Å². The summed E-state index contributed by atoms with van der Waals surface area (Å²) in [6.45, 7) is 8.29. The predicted molar refractivity (Wildman–Crippen MR) is 120 cm³/mol. The van der Waals surface area contributed by atoms with Crippen molar-refractivity contribution >= 4 is 34.9 Å². The van der Waals surface area contributed by atoms with Gasteiger partial charge in [0.1, 0.15) is 11.5 Å². The fourth-order valence-electron chi connectivity index (χ4n) is 4.00. The van der Waals surface area contributed by atoms with E-state index in [4.69, 9.17) is 22.9 Å². The van der Waals surface area contributed by atoms with Crippen molar-refractivity contribution in [2.45, 2.75) is 50.7 Å². The average Bonchev–Trinajstić information content (AvgIpc) is 2.81. The van der Waals surface area contributed by atoms with E-state index in [0.717, 1.165) is 25.7 Å². The number of aromatic nitrogens is 2. The standard InChI is InChI=1S/C23H24ClN5O3/c1-25-21-7-6-19(12-20(21)24)32-18-4-2-16(3-5-18)28-22(31)15-13-26-23(27-14-15)29-10-8-17(30)9-11-29/h6-7,12-14,16,18H,2-5,8-11H2,(H,28,31). The third-order valence-electron chi connectivity index (χ3n) is 5.86. The highest BCUT2D eigenvalue weighted by atomic mass is 35.5. The number of carbonyl (C=O) groups is 2. The zero-order valence-electron chi connectivity index (χ0n) is 17.6. The lowest BCUT2D eigenvalue weighted by Gasteiger charge is -2.29. The Morgan fingerprint density at radius 3 is 2.47 bits per heavy atom. The van der Waals surface area contributed by atoms with Gasteiger partial charge in [0, 0.05) is 44.4 Å². The van der Waals surface area contributed by atoms with Crippen LogP contribution in [0.5, 0.6) is 5.75 Å². The Morgan fingerprint density at radius 1 is 1.16 bits per heavy atom. The molecular weight excluding hydrogens is 430 g/mol. The van der Waals surface area contributed by atoms with Crippen molar-refractivity contribution < 1.29 is 14.3 Å². The number of hydrogen-bond acceptors (Lipinski definition) is 6. The first-order chi connectivity index (χ1) is 15.5. The molecule has 1 amide bonds. The molecule has 166 valence electrons. The van der Waals surface area contributed by atoms with Crippen molar-refractivity contribution in [3.63, 3.8) is 0 Å². The topological polar surface area (TPSA) is 88.8 Å². The van der Waals surface area contributed by atoms with Gasteiger partial charge in [0.05, 0.1) is 23.3 Å².